The summed E-state index contributed by atoms with van der Waals surface area (Å²) in [6.45, 7) is 1.86. The van der Waals surface area contributed by atoms with E-state index in [-0.39, 0.29) is 11.5 Å². The Bertz CT molecular complexity index is 663. The van der Waals surface area contributed by atoms with Gasteiger partial charge in [-0.1, -0.05) is 6.92 Å². The Morgan fingerprint density at radius 2 is 2.18 bits per heavy atom. The van der Waals surface area contributed by atoms with E-state index in [1.165, 1.54) is 6.33 Å². The van der Waals surface area contributed by atoms with Crippen LogP contribution < -0.4 is 10.0 Å². The van der Waals surface area contributed by atoms with Crippen molar-refractivity contribution in [2.24, 2.45) is 0 Å². The summed E-state index contributed by atoms with van der Waals surface area (Å²) >= 11 is 0. The van der Waals surface area contributed by atoms with Crippen molar-refractivity contribution in [3.8, 4) is 0 Å². The van der Waals surface area contributed by atoms with Crippen molar-refractivity contribution in [1.82, 2.24) is 19.7 Å². The van der Waals surface area contributed by atoms with Gasteiger partial charge < -0.3 is 5.73 Å². The molecule has 0 aromatic carbocycles. The summed E-state index contributed by atoms with van der Waals surface area (Å²) in [5, 5.41) is 0. The molecule has 0 aliphatic rings. The van der Waals surface area contributed by atoms with E-state index in [0.29, 0.717) is 17.8 Å². The number of nitrogen functional groups attached to an aromatic ring is 1. The van der Waals surface area contributed by atoms with E-state index in [1.807, 2.05) is 6.92 Å². The molecule has 2 rings (SSSR count). The lowest BCUT2D eigenvalue weighted by Gasteiger charge is -2.04. The zero-order valence-electron chi connectivity index (χ0n) is 9.28. The van der Waals surface area contributed by atoms with Crippen molar-refractivity contribution in [2.45, 2.75) is 13.3 Å². The molecule has 0 aliphatic carbocycles. The molecule has 0 fully saturated rings. The first-order valence-electron chi connectivity index (χ1n) is 4.80. The normalized spacial score (nSPS) is 11.9. The molecule has 92 valence electrons. The van der Waals surface area contributed by atoms with Crippen molar-refractivity contribution in [1.29, 1.82) is 0 Å². The molecule has 2 aromatic heterocycles. The number of rotatable bonds is 3. The number of aromatic nitrogens is 4. The summed E-state index contributed by atoms with van der Waals surface area (Å²) in [7, 11) is -3.65. The van der Waals surface area contributed by atoms with Crippen LogP contribution in [-0.2, 0) is 16.5 Å². The van der Waals surface area contributed by atoms with Crippen LogP contribution >= 0.6 is 0 Å². The van der Waals surface area contributed by atoms with E-state index in [1.54, 1.807) is 0 Å². The molecule has 9 heteroatoms. The number of hydrogen-bond donors (Lipinski definition) is 1. The average molecular weight is 257 g/mol. The molecule has 17 heavy (non-hydrogen) atoms. The quantitative estimate of drug-likeness (QED) is 0.777. The smallest absolute Gasteiger partial charge is 0.324 e. The molecular formula is C8H11N5O3S. The first kappa shape index (κ1) is 11.6. The standard InChI is InChI=1S/C8H11N5O3S/c1-3-5-11-7(9)6-8(12-5)13(4-10-6)16-17(2,14)15/h4H,3H2,1-2H3,(H2,9,11,12). The van der Waals surface area contributed by atoms with Gasteiger partial charge in [0.25, 0.3) is 0 Å². The maximum Gasteiger partial charge on any atom is 0.324 e. The van der Waals surface area contributed by atoms with Gasteiger partial charge in [0.05, 0.1) is 6.26 Å². The lowest BCUT2D eigenvalue weighted by Crippen LogP contribution is -2.18. The lowest BCUT2D eigenvalue weighted by atomic mass is 10.4. The van der Waals surface area contributed by atoms with Gasteiger partial charge in [-0.25, -0.2) is 15.0 Å². The van der Waals surface area contributed by atoms with Gasteiger partial charge in [-0.05, 0) is 0 Å². The van der Waals surface area contributed by atoms with Gasteiger partial charge in [0.15, 0.2) is 11.3 Å². The van der Waals surface area contributed by atoms with Crippen LogP contribution in [0.15, 0.2) is 6.33 Å². The maximum absolute atomic E-state index is 11.0. The molecule has 0 unspecified atom stereocenters. The second-order valence-electron chi connectivity index (χ2n) is 3.40. The van der Waals surface area contributed by atoms with Gasteiger partial charge in [-0.2, -0.15) is 8.42 Å². The van der Waals surface area contributed by atoms with Crippen molar-refractivity contribution in [3.63, 3.8) is 0 Å². The Labute approximate surface area is 97.5 Å². The summed E-state index contributed by atoms with van der Waals surface area (Å²) in [5.41, 5.74) is 6.22. The Morgan fingerprint density at radius 3 is 2.76 bits per heavy atom. The molecule has 0 bridgehead atoms. The number of aryl methyl sites for hydroxylation is 1. The molecule has 0 aliphatic heterocycles. The van der Waals surface area contributed by atoms with Crippen LogP contribution in [0.1, 0.15) is 12.7 Å². The molecule has 0 saturated heterocycles. The molecule has 2 heterocycles. The molecule has 0 saturated carbocycles. The van der Waals surface area contributed by atoms with Crippen molar-refractivity contribution in [2.75, 3.05) is 12.0 Å². The fraction of sp³-hybridized carbons (Fsp3) is 0.375. The minimum absolute atomic E-state index is 0.197. The van der Waals surface area contributed by atoms with Crippen molar-refractivity contribution < 1.29 is 12.7 Å². The van der Waals surface area contributed by atoms with Gasteiger partial charge >= 0.3 is 10.1 Å². The van der Waals surface area contributed by atoms with E-state index in [0.717, 1.165) is 11.0 Å². The highest BCUT2D eigenvalue weighted by molar-refractivity contribution is 7.86. The molecule has 8 nitrogen and oxygen atoms in total. The minimum atomic E-state index is -3.65. The van der Waals surface area contributed by atoms with Gasteiger partial charge in [-0.15, -0.1) is 4.73 Å². The van der Waals surface area contributed by atoms with Gasteiger partial charge in [0.1, 0.15) is 12.2 Å². The number of hydrogen-bond acceptors (Lipinski definition) is 7. The third-order valence-electron chi connectivity index (χ3n) is 1.97. The van der Waals surface area contributed by atoms with Crippen LogP contribution in [-0.4, -0.2) is 34.4 Å². The number of fused-ring (bicyclic) bond motifs is 1. The number of anilines is 1. The summed E-state index contributed by atoms with van der Waals surface area (Å²) in [5.74, 6) is 0.691. The zero-order chi connectivity index (χ0) is 12.6. The van der Waals surface area contributed by atoms with E-state index < -0.39 is 10.1 Å². The summed E-state index contributed by atoms with van der Waals surface area (Å²) in [6.07, 6.45) is 2.70. The lowest BCUT2D eigenvalue weighted by molar-refractivity contribution is 0.291. The average Bonchev–Trinajstić information content (AvgIpc) is 2.59. The second-order valence-corrected chi connectivity index (χ2v) is 4.96. The zero-order valence-corrected chi connectivity index (χ0v) is 10.1. The molecule has 2 aromatic rings. The van der Waals surface area contributed by atoms with Gasteiger partial charge in [0.2, 0.25) is 5.65 Å². The molecular weight excluding hydrogens is 246 g/mol. The first-order chi connectivity index (χ1) is 7.90. The Kier molecular flexibility index (Phi) is 2.62. The molecule has 0 radical (unpaired) electrons. The van der Waals surface area contributed by atoms with Gasteiger partial charge in [-0.3, -0.25) is 4.28 Å². The van der Waals surface area contributed by atoms with E-state index in [2.05, 4.69) is 15.0 Å². The third kappa shape index (κ3) is 2.28. The summed E-state index contributed by atoms with van der Waals surface area (Å²) < 4.78 is 27.7. The van der Waals surface area contributed by atoms with Crippen LogP contribution in [0, 0.1) is 0 Å². The highest BCUT2D eigenvalue weighted by Crippen LogP contribution is 2.15. The number of nitrogens with two attached hydrogens (primary N) is 1. The number of nitrogens with zero attached hydrogens (tertiary/aromatic N) is 4. The monoisotopic (exact) mass is 257 g/mol. The Balaban J connectivity index is 2.62. The predicted octanol–water partition coefficient (Wildman–Crippen LogP) is -0.641. The maximum atomic E-state index is 11.0. The molecule has 0 atom stereocenters. The highest BCUT2D eigenvalue weighted by Gasteiger charge is 2.14. The number of imidazole rings is 1. The van der Waals surface area contributed by atoms with Crippen LogP contribution in [0.5, 0.6) is 0 Å². The van der Waals surface area contributed by atoms with Crippen molar-refractivity contribution in [3.05, 3.63) is 12.2 Å². The molecule has 2 N–H and O–H groups in total. The fourth-order valence-electron chi connectivity index (χ4n) is 1.31. The molecule has 0 spiro atoms. The molecule has 0 amide bonds. The predicted molar refractivity (Wildman–Crippen MR) is 60.5 cm³/mol. The SMILES string of the molecule is CCc1nc(N)c2ncn(OS(C)(=O)=O)c2n1. The third-order valence-corrected chi connectivity index (χ3v) is 2.40. The second kappa shape index (κ2) is 3.84. The van der Waals surface area contributed by atoms with Crippen LogP contribution in [0.4, 0.5) is 5.82 Å². The highest BCUT2D eigenvalue weighted by atomic mass is 32.2. The van der Waals surface area contributed by atoms with Crippen LogP contribution in [0.2, 0.25) is 0 Å². The van der Waals surface area contributed by atoms with Crippen LogP contribution in [0.3, 0.4) is 0 Å². The summed E-state index contributed by atoms with van der Waals surface area (Å²) in [6, 6.07) is 0. The van der Waals surface area contributed by atoms with Crippen molar-refractivity contribution >= 4 is 27.1 Å². The summed E-state index contributed by atoms with van der Waals surface area (Å²) in [4.78, 5) is 12.0. The minimum Gasteiger partial charge on any atom is -0.382 e. The van der Waals surface area contributed by atoms with E-state index in [4.69, 9.17) is 10.0 Å². The Hall–Kier alpha value is -1.90. The largest absolute Gasteiger partial charge is 0.382 e. The van der Waals surface area contributed by atoms with E-state index >= 15 is 0 Å². The first-order valence-corrected chi connectivity index (χ1v) is 6.61. The van der Waals surface area contributed by atoms with Gasteiger partial charge in [0, 0.05) is 6.42 Å². The van der Waals surface area contributed by atoms with E-state index in [9.17, 15) is 8.42 Å². The van der Waals surface area contributed by atoms with Crippen LogP contribution in [0.25, 0.3) is 11.2 Å². The Morgan fingerprint density at radius 1 is 1.47 bits per heavy atom. The topological polar surface area (TPSA) is 113 Å². The fourth-order valence-corrected chi connectivity index (χ4v) is 1.71.